The number of hydrogen-bond acceptors (Lipinski definition) is 6. The van der Waals surface area contributed by atoms with E-state index in [1.807, 2.05) is 39.0 Å². The van der Waals surface area contributed by atoms with Crippen molar-refractivity contribution in [1.82, 2.24) is 4.90 Å². The van der Waals surface area contributed by atoms with E-state index in [1.54, 1.807) is 11.0 Å². The SMILES string of the molecule is COC(=O)c1ccc(/C=C\CN2C(=O)CC[C@@H]2C(=O)OC(C)(C)C)s1. The van der Waals surface area contributed by atoms with Gasteiger partial charge >= 0.3 is 11.9 Å². The number of methoxy groups -OCH3 is 1. The van der Waals surface area contributed by atoms with Crippen LogP contribution in [0.2, 0.25) is 0 Å². The van der Waals surface area contributed by atoms with Crippen LogP contribution in [0.5, 0.6) is 0 Å². The van der Waals surface area contributed by atoms with E-state index in [2.05, 4.69) is 4.74 Å². The number of thiophene rings is 1. The van der Waals surface area contributed by atoms with E-state index in [-0.39, 0.29) is 17.8 Å². The van der Waals surface area contributed by atoms with Crippen molar-refractivity contribution in [3.8, 4) is 0 Å². The minimum Gasteiger partial charge on any atom is -0.465 e. The first kappa shape index (κ1) is 19.2. The predicted molar refractivity (Wildman–Crippen MR) is 95.3 cm³/mol. The lowest BCUT2D eigenvalue weighted by molar-refractivity contribution is -0.161. The number of rotatable bonds is 5. The van der Waals surface area contributed by atoms with Crippen LogP contribution in [0.1, 0.15) is 48.2 Å². The van der Waals surface area contributed by atoms with Gasteiger partial charge in [0.2, 0.25) is 5.91 Å². The zero-order valence-corrected chi connectivity index (χ0v) is 15.7. The maximum absolute atomic E-state index is 12.3. The zero-order valence-electron chi connectivity index (χ0n) is 14.9. The van der Waals surface area contributed by atoms with Crippen molar-refractivity contribution in [2.75, 3.05) is 13.7 Å². The molecule has 2 heterocycles. The molecule has 1 saturated heterocycles. The Kier molecular flexibility index (Phi) is 6.00. The normalized spacial score (nSPS) is 18.0. The van der Waals surface area contributed by atoms with Crippen LogP contribution in [0.15, 0.2) is 18.2 Å². The first-order valence-electron chi connectivity index (χ1n) is 8.08. The zero-order chi connectivity index (χ0) is 18.6. The number of likely N-dealkylation sites (tertiary alicyclic amines) is 1. The number of hydrogen-bond donors (Lipinski definition) is 0. The minimum atomic E-state index is -0.578. The molecular weight excluding hydrogens is 342 g/mol. The summed E-state index contributed by atoms with van der Waals surface area (Å²) in [5.41, 5.74) is -0.578. The summed E-state index contributed by atoms with van der Waals surface area (Å²) in [5, 5.41) is 0. The Balaban J connectivity index is 1.99. The van der Waals surface area contributed by atoms with Gasteiger partial charge in [0.05, 0.1) is 7.11 Å². The molecule has 136 valence electrons. The average molecular weight is 365 g/mol. The van der Waals surface area contributed by atoms with E-state index < -0.39 is 11.6 Å². The fraction of sp³-hybridized carbons (Fsp3) is 0.500. The molecule has 0 aromatic carbocycles. The molecule has 0 radical (unpaired) electrons. The number of carbonyl (C=O) groups excluding carboxylic acids is 3. The molecule has 0 aliphatic carbocycles. The summed E-state index contributed by atoms with van der Waals surface area (Å²) >= 11 is 1.31. The lowest BCUT2D eigenvalue weighted by Crippen LogP contribution is -2.42. The Labute approximate surface area is 151 Å². The summed E-state index contributed by atoms with van der Waals surface area (Å²) in [6.07, 6.45) is 4.47. The lowest BCUT2D eigenvalue weighted by Gasteiger charge is -2.26. The molecule has 0 spiro atoms. The van der Waals surface area contributed by atoms with E-state index in [9.17, 15) is 14.4 Å². The molecule has 0 unspecified atom stereocenters. The highest BCUT2D eigenvalue weighted by molar-refractivity contribution is 7.14. The molecule has 1 aliphatic heterocycles. The summed E-state index contributed by atoms with van der Waals surface area (Å²) < 4.78 is 10.1. The maximum Gasteiger partial charge on any atom is 0.348 e. The highest BCUT2D eigenvalue weighted by Crippen LogP contribution is 2.23. The predicted octanol–water partition coefficient (Wildman–Crippen LogP) is 2.88. The Bertz CT molecular complexity index is 686. The number of amides is 1. The highest BCUT2D eigenvalue weighted by Gasteiger charge is 2.37. The van der Waals surface area contributed by atoms with Crippen LogP contribution in [-0.4, -0.2) is 48.0 Å². The van der Waals surface area contributed by atoms with Gasteiger partial charge < -0.3 is 14.4 Å². The third-order valence-corrected chi connectivity index (χ3v) is 4.64. The molecule has 0 saturated carbocycles. The Hall–Kier alpha value is -2.15. The smallest absolute Gasteiger partial charge is 0.348 e. The topological polar surface area (TPSA) is 72.9 Å². The van der Waals surface area contributed by atoms with Gasteiger partial charge in [-0.05, 0) is 45.4 Å². The molecule has 1 fully saturated rings. The molecule has 1 aromatic rings. The van der Waals surface area contributed by atoms with Crippen LogP contribution in [0.4, 0.5) is 0 Å². The number of carbonyl (C=O) groups is 3. The number of nitrogens with zero attached hydrogens (tertiary/aromatic N) is 1. The average Bonchev–Trinajstić information content (AvgIpc) is 3.12. The molecule has 7 heteroatoms. The fourth-order valence-corrected chi connectivity index (χ4v) is 3.37. The van der Waals surface area contributed by atoms with Crippen LogP contribution in [0.25, 0.3) is 6.08 Å². The van der Waals surface area contributed by atoms with E-state index in [4.69, 9.17) is 4.74 Å². The second-order valence-corrected chi connectivity index (χ2v) is 7.85. The van der Waals surface area contributed by atoms with Crippen LogP contribution in [0.3, 0.4) is 0 Å². The molecule has 1 aromatic heterocycles. The standard InChI is InChI=1S/C18H23NO5S/c1-18(2,3)24-16(21)13-8-10-15(20)19(13)11-5-6-12-7-9-14(25-12)17(22)23-4/h5-7,9,13H,8,10-11H2,1-4H3/b6-5-/t13-/m1/s1. The van der Waals surface area contributed by atoms with Crippen molar-refractivity contribution in [2.45, 2.75) is 45.3 Å². The molecular formula is C18H23NO5S. The monoisotopic (exact) mass is 365 g/mol. The summed E-state index contributed by atoms with van der Waals surface area (Å²) in [6.45, 7) is 5.75. The van der Waals surface area contributed by atoms with Crippen molar-refractivity contribution >= 4 is 35.3 Å². The van der Waals surface area contributed by atoms with Gasteiger partial charge in [0.25, 0.3) is 0 Å². The molecule has 1 atom stereocenters. The Morgan fingerprint density at radius 1 is 1.36 bits per heavy atom. The number of ether oxygens (including phenoxy) is 2. The van der Waals surface area contributed by atoms with E-state index in [0.717, 1.165) is 4.88 Å². The Morgan fingerprint density at radius 3 is 2.72 bits per heavy atom. The summed E-state index contributed by atoms with van der Waals surface area (Å²) in [6, 6.07) is 2.97. The van der Waals surface area contributed by atoms with Gasteiger partial charge in [0.15, 0.2) is 0 Å². The van der Waals surface area contributed by atoms with Crippen LogP contribution in [-0.2, 0) is 19.1 Å². The van der Waals surface area contributed by atoms with Crippen molar-refractivity contribution in [2.24, 2.45) is 0 Å². The van der Waals surface area contributed by atoms with Gasteiger partial charge in [-0.25, -0.2) is 9.59 Å². The fourth-order valence-electron chi connectivity index (χ4n) is 2.51. The first-order valence-corrected chi connectivity index (χ1v) is 8.90. The minimum absolute atomic E-state index is 0.0538. The van der Waals surface area contributed by atoms with Gasteiger partial charge in [-0.3, -0.25) is 4.79 Å². The Morgan fingerprint density at radius 2 is 2.08 bits per heavy atom. The van der Waals surface area contributed by atoms with E-state index >= 15 is 0 Å². The second kappa shape index (κ2) is 7.82. The summed E-state index contributed by atoms with van der Waals surface area (Å²) in [7, 11) is 1.34. The molecule has 6 nitrogen and oxygen atoms in total. The first-order chi connectivity index (χ1) is 11.7. The van der Waals surface area contributed by atoms with Gasteiger partial charge in [0.1, 0.15) is 16.5 Å². The van der Waals surface area contributed by atoms with Gasteiger partial charge in [0, 0.05) is 17.8 Å². The number of esters is 2. The van der Waals surface area contributed by atoms with Crippen molar-refractivity contribution in [3.05, 3.63) is 28.0 Å². The van der Waals surface area contributed by atoms with Crippen molar-refractivity contribution < 1.29 is 23.9 Å². The largest absolute Gasteiger partial charge is 0.465 e. The second-order valence-electron chi connectivity index (χ2n) is 6.73. The van der Waals surface area contributed by atoms with E-state index in [0.29, 0.717) is 24.3 Å². The maximum atomic E-state index is 12.3. The van der Waals surface area contributed by atoms with Crippen molar-refractivity contribution in [1.29, 1.82) is 0 Å². The lowest BCUT2D eigenvalue weighted by atomic mass is 10.1. The van der Waals surface area contributed by atoms with Crippen LogP contribution in [0, 0.1) is 0 Å². The van der Waals surface area contributed by atoms with Crippen LogP contribution < -0.4 is 0 Å². The quantitative estimate of drug-likeness (QED) is 0.750. The molecule has 25 heavy (non-hydrogen) atoms. The highest BCUT2D eigenvalue weighted by atomic mass is 32.1. The van der Waals surface area contributed by atoms with Gasteiger partial charge in [-0.1, -0.05) is 6.08 Å². The molecule has 0 N–H and O–H groups in total. The van der Waals surface area contributed by atoms with E-state index in [1.165, 1.54) is 18.4 Å². The summed E-state index contributed by atoms with van der Waals surface area (Å²) in [4.78, 5) is 38.7. The third-order valence-electron chi connectivity index (χ3n) is 3.60. The van der Waals surface area contributed by atoms with Gasteiger partial charge in [-0.15, -0.1) is 11.3 Å². The molecule has 1 aliphatic rings. The molecule has 2 rings (SSSR count). The third kappa shape index (κ3) is 5.16. The molecule has 0 bridgehead atoms. The summed E-state index contributed by atoms with van der Waals surface area (Å²) in [5.74, 6) is -0.790. The van der Waals surface area contributed by atoms with Gasteiger partial charge in [-0.2, -0.15) is 0 Å². The van der Waals surface area contributed by atoms with Crippen LogP contribution >= 0.6 is 11.3 Å². The molecule has 1 amide bonds. The van der Waals surface area contributed by atoms with Crippen molar-refractivity contribution in [3.63, 3.8) is 0 Å².